The summed E-state index contributed by atoms with van der Waals surface area (Å²) < 4.78 is 0. The van der Waals surface area contributed by atoms with Gasteiger partial charge in [0.05, 0.1) is 0 Å². The number of hydrogen-bond acceptors (Lipinski definition) is 1. The Morgan fingerprint density at radius 1 is 0.867 bits per heavy atom. The molecule has 0 aromatic heterocycles. The fraction of sp³-hybridized carbons (Fsp3) is 0.885. The van der Waals surface area contributed by atoms with E-state index in [-0.39, 0.29) is 49.5 Å². The minimum atomic E-state index is -1.63. The van der Waals surface area contributed by atoms with Gasteiger partial charge < -0.3 is 27.3 Å². The Bertz CT molecular complexity index is 532. The van der Waals surface area contributed by atoms with Crippen LogP contribution in [0, 0.1) is 51.9 Å². The molecule has 1 aliphatic heterocycles. The fourth-order valence-corrected chi connectivity index (χ4v) is 13.1. The Morgan fingerprint density at radius 3 is 2.00 bits per heavy atom. The van der Waals surface area contributed by atoms with E-state index in [9.17, 15) is 0 Å². The van der Waals surface area contributed by atoms with Crippen LogP contribution in [0.4, 0.5) is 0 Å². The minimum Gasteiger partial charge on any atom is -0.660 e. The van der Waals surface area contributed by atoms with Crippen LogP contribution in [-0.2, 0) is 21.7 Å². The fourth-order valence-electron chi connectivity index (χ4n) is 8.42. The topological polar surface area (TPSA) is 17.3 Å². The zero-order chi connectivity index (χ0) is 18.9. The molecule has 1 saturated heterocycles. The first-order valence-corrected chi connectivity index (χ1v) is 14.6. The minimum absolute atomic E-state index is 0. The maximum absolute atomic E-state index is 5.58. The summed E-state index contributed by atoms with van der Waals surface area (Å²) in [5.74, 6) is 4.81. The van der Waals surface area contributed by atoms with E-state index in [0.29, 0.717) is 0 Å². The predicted molar refractivity (Wildman–Crippen MR) is 134 cm³/mol. The Hall–Kier alpha value is 0.851. The third kappa shape index (κ3) is 5.32. The summed E-state index contributed by atoms with van der Waals surface area (Å²) in [6.07, 6.45) is 10.4. The molecule has 4 heteroatoms. The molecule has 4 fully saturated rings. The van der Waals surface area contributed by atoms with E-state index in [1.165, 1.54) is 44.9 Å². The van der Waals surface area contributed by atoms with Crippen LogP contribution < -0.4 is 0 Å². The second kappa shape index (κ2) is 10.9. The van der Waals surface area contributed by atoms with Gasteiger partial charge in [-0.3, -0.25) is 4.90 Å². The molecule has 0 amide bonds. The quantitative estimate of drug-likeness (QED) is 0.301. The molecule has 0 radical (unpaired) electrons. The van der Waals surface area contributed by atoms with Crippen LogP contribution in [0.25, 0.3) is 4.98 Å². The zero-order valence-corrected chi connectivity index (χ0v) is 24.5. The van der Waals surface area contributed by atoms with Gasteiger partial charge in [0.2, 0.25) is 0 Å². The van der Waals surface area contributed by atoms with Gasteiger partial charge in [0.25, 0.3) is 0 Å². The van der Waals surface area contributed by atoms with Crippen LogP contribution in [0.3, 0.4) is 0 Å². The summed E-state index contributed by atoms with van der Waals surface area (Å²) in [6, 6.07) is 1.76. The van der Waals surface area contributed by atoms with Crippen LogP contribution in [0.2, 0.25) is 18.6 Å². The average Bonchev–Trinajstić information content (AvgIpc) is 2.99. The van der Waals surface area contributed by atoms with E-state index in [0.717, 1.165) is 47.2 Å². The van der Waals surface area contributed by atoms with Crippen molar-refractivity contribution < 1.29 is 21.7 Å². The molecule has 4 aliphatic rings. The van der Waals surface area contributed by atoms with Gasteiger partial charge in [-0.1, -0.05) is 73.8 Å². The van der Waals surface area contributed by atoms with E-state index in [4.69, 9.17) is 4.98 Å². The molecule has 0 N–H and O–H groups in total. The van der Waals surface area contributed by atoms with Crippen LogP contribution in [0.5, 0.6) is 0 Å². The predicted octanol–water partition coefficient (Wildman–Crippen LogP) is 7.64. The summed E-state index contributed by atoms with van der Waals surface area (Å²) in [4.78, 5) is 8.49. The van der Waals surface area contributed by atoms with Crippen LogP contribution in [0.15, 0.2) is 0 Å². The largest absolute Gasteiger partial charge is 4.00 e. The van der Waals surface area contributed by atoms with Crippen molar-refractivity contribution in [2.45, 2.75) is 109 Å². The van der Waals surface area contributed by atoms with Crippen LogP contribution in [0.1, 0.15) is 72.6 Å². The summed E-state index contributed by atoms with van der Waals surface area (Å²) in [5, 5.41) is 0. The Morgan fingerprint density at radius 2 is 1.43 bits per heavy atom. The SMILES string of the molecule is CC1CCC2C(C1)C1C(C3CCCCC3C1[Si](C)(C)[N-]C(C)(C)C)N2C.[CH3-].[CH3-].[CH3-].[Ti+4]. The second-order valence-corrected chi connectivity index (χ2v) is 16.2. The van der Waals surface area contributed by atoms with Gasteiger partial charge in [-0.05, 0) is 62.3 Å². The molecule has 0 bridgehead atoms. The molecule has 0 aromatic carbocycles. The number of likely N-dealkylation sites (tertiary alicyclic amines) is 1. The average molecular weight is 469 g/mol. The van der Waals surface area contributed by atoms with Gasteiger partial charge in [-0.15, -0.1) is 5.54 Å². The van der Waals surface area contributed by atoms with Crippen molar-refractivity contribution in [3.05, 3.63) is 27.3 Å². The standard InChI is InChI=1S/C23H43N2Si.3CH3.Ti/c1-15-12-13-19-18(14-15)20-21(25(19)5)16-10-8-9-11-17(16)22(20)26(6,7)24-23(2,3)4;;;;/h15-22H,8-14H2,1-7H3;3*1H3;/q4*-1;+4. The van der Waals surface area contributed by atoms with E-state index in [1.54, 1.807) is 0 Å². The van der Waals surface area contributed by atoms with Gasteiger partial charge in [0.15, 0.2) is 0 Å². The number of hydrogen-bond donors (Lipinski definition) is 0. The van der Waals surface area contributed by atoms with Crippen molar-refractivity contribution in [2.75, 3.05) is 7.05 Å². The van der Waals surface area contributed by atoms with Gasteiger partial charge in [0, 0.05) is 12.1 Å². The molecule has 3 saturated carbocycles. The molecular formula is C26H52N2SiTi. The number of nitrogens with zero attached hydrogens (tertiary/aromatic N) is 2. The van der Waals surface area contributed by atoms with E-state index in [1.807, 2.05) is 0 Å². The molecule has 8 atom stereocenters. The van der Waals surface area contributed by atoms with E-state index in [2.05, 4.69) is 52.7 Å². The number of fused-ring (bicyclic) bond motifs is 5. The first kappa shape index (κ1) is 30.9. The normalized spacial score (nSPS) is 40.5. The van der Waals surface area contributed by atoms with Crippen molar-refractivity contribution in [1.29, 1.82) is 0 Å². The summed E-state index contributed by atoms with van der Waals surface area (Å²) >= 11 is 0. The van der Waals surface area contributed by atoms with Gasteiger partial charge in [-0.2, -0.15) is 0 Å². The van der Waals surface area contributed by atoms with Crippen molar-refractivity contribution in [1.82, 2.24) is 4.90 Å². The third-order valence-electron chi connectivity index (χ3n) is 8.63. The number of rotatable bonds is 2. The van der Waals surface area contributed by atoms with Gasteiger partial charge >= 0.3 is 21.7 Å². The third-order valence-corrected chi connectivity index (χ3v) is 12.3. The first-order chi connectivity index (χ1) is 12.1. The van der Waals surface area contributed by atoms with Crippen LogP contribution in [-0.4, -0.2) is 37.8 Å². The molecule has 8 unspecified atom stereocenters. The molecule has 30 heavy (non-hydrogen) atoms. The van der Waals surface area contributed by atoms with Crippen LogP contribution >= 0.6 is 0 Å². The smallest absolute Gasteiger partial charge is 0.660 e. The summed E-state index contributed by atoms with van der Waals surface area (Å²) in [7, 11) is 0.872. The van der Waals surface area contributed by atoms with Crippen molar-refractivity contribution in [2.24, 2.45) is 29.6 Å². The molecular weight excluding hydrogens is 416 g/mol. The molecule has 4 rings (SSSR count). The van der Waals surface area contributed by atoms with Crippen molar-refractivity contribution in [3.63, 3.8) is 0 Å². The molecule has 0 spiro atoms. The van der Waals surface area contributed by atoms with Gasteiger partial charge in [0.1, 0.15) is 0 Å². The van der Waals surface area contributed by atoms with E-state index < -0.39 is 8.24 Å². The molecule has 0 aromatic rings. The summed E-state index contributed by atoms with van der Waals surface area (Å²) in [5.41, 5.74) is 1.06. The maximum atomic E-state index is 5.58. The summed E-state index contributed by atoms with van der Waals surface area (Å²) in [6.45, 7) is 14.8. The monoisotopic (exact) mass is 468 g/mol. The van der Waals surface area contributed by atoms with E-state index >= 15 is 0 Å². The zero-order valence-electron chi connectivity index (χ0n) is 22.0. The second-order valence-electron chi connectivity index (χ2n) is 12.0. The van der Waals surface area contributed by atoms with Gasteiger partial charge in [-0.25, -0.2) is 0 Å². The molecule has 1 heterocycles. The maximum Gasteiger partial charge on any atom is 4.00 e. The Balaban J connectivity index is 0.00000210. The first-order valence-electron chi connectivity index (χ1n) is 11.6. The molecule has 2 nitrogen and oxygen atoms in total. The van der Waals surface area contributed by atoms with Crippen molar-refractivity contribution in [3.8, 4) is 0 Å². The molecule has 3 aliphatic carbocycles. The van der Waals surface area contributed by atoms with Crippen molar-refractivity contribution >= 4 is 8.24 Å². The molecule has 174 valence electrons. The Labute approximate surface area is 207 Å². The Kier molecular flexibility index (Phi) is 11.2.